The van der Waals surface area contributed by atoms with E-state index in [4.69, 9.17) is 5.73 Å². The molecule has 0 aliphatic carbocycles. The summed E-state index contributed by atoms with van der Waals surface area (Å²) >= 11 is 0. The zero-order chi connectivity index (χ0) is 21.6. The monoisotopic (exact) mass is 418 g/mol. The van der Waals surface area contributed by atoms with Crippen molar-refractivity contribution in [1.82, 2.24) is 19.9 Å². The molecule has 1 amide bonds. The number of benzene rings is 2. The van der Waals surface area contributed by atoms with Crippen molar-refractivity contribution in [2.24, 2.45) is 0 Å². The zero-order valence-electron chi connectivity index (χ0n) is 17.1. The van der Waals surface area contributed by atoms with E-state index in [9.17, 15) is 9.90 Å². The average molecular weight is 419 g/mol. The summed E-state index contributed by atoms with van der Waals surface area (Å²) in [5.41, 5.74) is 8.74. The van der Waals surface area contributed by atoms with Crippen LogP contribution in [-0.4, -0.2) is 50.1 Å². The van der Waals surface area contributed by atoms with Gasteiger partial charge in [0.25, 0.3) is 0 Å². The molecule has 0 unspecified atom stereocenters. The first-order chi connectivity index (χ1) is 15.1. The number of carbonyl (C=O) groups is 1. The maximum Gasteiger partial charge on any atom is 0.248 e. The molecule has 8 nitrogen and oxygen atoms in total. The van der Waals surface area contributed by atoms with Crippen LogP contribution in [0.1, 0.15) is 23.7 Å². The fraction of sp³-hybridized carbons (Fsp3) is 0.261. The molecule has 1 aromatic heterocycles. The Kier molecular flexibility index (Phi) is 6.40. The van der Waals surface area contributed by atoms with Crippen LogP contribution in [0.2, 0.25) is 0 Å². The number of para-hydroxylation sites is 2. The van der Waals surface area contributed by atoms with Gasteiger partial charge in [-0.3, -0.25) is 9.69 Å². The highest BCUT2D eigenvalue weighted by atomic mass is 16.3. The number of nitrogens with one attached hydrogen (secondary N) is 1. The van der Waals surface area contributed by atoms with E-state index in [2.05, 4.69) is 32.7 Å². The third-order valence-corrected chi connectivity index (χ3v) is 5.47. The molecule has 2 heterocycles. The van der Waals surface area contributed by atoms with Crippen molar-refractivity contribution in [3.05, 3.63) is 78.1 Å². The molecule has 2 atom stereocenters. The van der Waals surface area contributed by atoms with Crippen LogP contribution in [-0.2, 0) is 11.3 Å². The van der Waals surface area contributed by atoms with Crippen LogP contribution in [0.25, 0.3) is 6.08 Å². The fourth-order valence-electron chi connectivity index (χ4n) is 3.84. The van der Waals surface area contributed by atoms with Crippen LogP contribution in [0, 0.1) is 0 Å². The minimum Gasteiger partial charge on any atom is -0.397 e. The molecule has 160 valence electrons. The van der Waals surface area contributed by atoms with E-state index in [1.165, 1.54) is 11.6 Å². The van der Waals surface area contributed by atoms with Gasteiger partial charge < -0.3 is 16.2 Å². The van der Waals surface area contributed by atoms with Gasteiger partial charge in [-0.1, -0.05) is 47.7 Å². The van der Waals surface area contributed by atoms with E-state index in [1.807, 2.05) is 41.2 Å². The Morgan fingerprint density at radius 2 is 1.97 bits per heavy atom. The second kappa shape index (κ2) is 9.55. The Bertz CT molecular complexity index is 1050. The van der Waals surface area contributed by atoms with E-state index in [0.29, 0.717) is 17.1 Å². The summed E-state index contributed by atoms with van der Waals surface area (Å²) in [6.07, 6.45) is 5.65. The van der Waals surface area contributed by atoms with Crippen LogP contribution in [0.5, 0.6) is 0 Å². The van der Waals surface area contributed by atoms with E-state index in [0.717, 1.165) is 19.5 Å². The van der Waals surface area contributed by atoms with Gasteiger partial charge in [0.1, 0.15) is 5.69 Å². The van der Waals surface area contributed by atoms with Gasteiger partial charge in [-0.25, -0.2) is 4.68 Å². The van der Waals surface area contributed by atoms with Gasteiger partial charge in [0.15, 0.2) is 0 Å². The standard InChI is InChI=1S/C23H26N6O2/c24-21-8-4-5-9-22(21)25-23(31)11-10-18-14-29(27-26-18)19-12-20(16-30)28(15-19)13-17-6-2-1-3-7-17/h1-11,14,19-20,30H,12-13,15-16,24H2,(H,25,31)/b11-10+/t19-,20+/m1/s1. The predicted molar refractivity (Wildman–Crippen MR) is 120 cm³/mol. The number of nitrogen functional groups attached to an aromatic ring is 1. The van der Waals surface area contributed by atoms with Gasteiger partial charge in [-0.05, 0) is 30.2 Å². The molecule has 4 rings (SSSR count). The molecule has 0 spiro atoms. The minimum atomic E-state index is -0.289. The number of aliphatic hydroxyl groups is 1. The molecule has 2 aromatic carbocycles. The van der Waals surface area contributed by atoms with Gasteiger partial charge in [0.05, 0.1) is 30.2 Å². The Morgan fingerprint density at radius 3 is 2.74 bits per heavy atom. The summed E-state index contributed by atoms with van der Waals surface area (Å²) in [6.45, 7) is 1.67. The maximum atomic E-state index is 12.2. The molecule has 0 saturated carbocycles. The maximum absolute atomic E-state index is 12.2. The number of likely N-dealkylation sites (tertiary alicyclic amines) is 1. The number of nitrogens with zero attached hydrogens (tertiary/aromatic N) is 4. The third kappa shape index (κ3) is 5.17. The van der Waals surface area contributed by atoms with Crippen molar-refractivity contribution in [3.8, 4) is 0 Å². The number of hydrogen-bond acceptors (Lipinski definition) is 6. The molecule has 8 heteroatoms. The summed E-state index contributed by atoms with van der Waals surface area (Å²) in [6, 6.07) is 17.5. The van der Waals surface area contributed by atoms with E-state index < -0.39 is 0 Å². The molecule has 3 aromatic rings. The topological polar surface area (TPSA) is 109 Å². The summed E-state index contributed by atoms with van der Waals surface area (Å²) < 4.78 is 1.82. The summed E-state index contributed by atoms with van der Waals surface area (Å²) in [7, 11) is 0. The first-order valence-corrected chi connectivity index (χ1v) is 10.3. The average Bonchev–Trinajstić information content (AvgIpc) is 3.41. The van der Waals surface area contributed by atoms with E-state index >= 15 is 0 Å². The van der Waals surface area contributed by atoms with Crippen LogP contribution in [0.3, 0.4) is 0 Å². The van der Waals surface area contributed by atoms with E-state index in [-0.39, 0.29) is 24.6 Å². The largest absolute Gasteiger partial charge is 0.397 e. The smallest absolute Gasteiger partial charge is 0.248 e. The number of rotatable bonds is 7. The molecule has 0 bridgehead atoms. The van der Waals surface area contributed by atoms with E-state index in [1.54, 1.807) is 18.2 Å². The van der Waals surface area contributed by atoms with Gasteiger partial charge in [0.2, 0.25) is 5.91 Å². The molecule has 1 aliphatic rings. The van der Waals surface area contributed by atoms with Crippen molar-refractivity contribution in [2.45, 2.75) is 25.0 Å². The molecule has 4 N–H and O–H groups in total. The summed E-state index contributed by atoms with van der Waals surface area (Å²) in [4.78, 5) is 14.4. The first-order valence-electron chi connectivity index (χ1n) is 10.3. The lowest BCUT2D eigenvalue weighted by atomic mass is 10.1. The van der Waals surface area contributed by atoms with Crippen molar-refractivity contribution < 1.29 is 9.90 Å². The fourth-order valence-corrected chi connectivity index (χ4v) is 3.84. The third-order valence-electron chi connectivity index (χ3n) is 5.47. The number of carbonyl (C=O) groups excluding carboxylic acids is 1. The first kappa shape index (κ1) is 20.8. The number of anilines is 2. The number of nitrogens with two attached hydrogens (primary N) is 1. The number of amides is 1. The minimum absolute atomic E-state index is 0.0792. The second-order valence-corrected chi connectivity index (χ2v) is 7.67. The van der Waals surface area contributed by atoms with Gasteiger partial charge in [-0.15, -0.1) is 5.10 Å². The molecule has 0 radical (unpaired) electrons. The Labute approximate surface area is 181 Å². The molecule has 1 aliphatic heterocycles. The number of aromatic nitrogens is 3. The molecule has 1 saturated heterocycles. The quantitative estimate of drug-likeness (QED) is 0.401. The highest BCUT2D eigenvalue weighted by Gasteiger charge is 2.33. The highest BCUT2D eigenvalue weighted by molar-refractivity contribution is 6.03. The molecule has 31 heavy (non-hydrogen) atoms. The van der Waals surface area contributed by atoms with Gasteiger partial charge in [-0.2, -0.15) is 0 Å². The second-order valence-electron chi connectivity index (χ2n) is 7.67. The Hall–Kier alpha value is -3.49. The lowest BCUT2D eigenvalue weighted by molar-refractivity contribution is -0.111. The van der Waals surface area contributed by atoms with Crippen molar-refractivity contribution in [1.29, 1.82) is 0 Å². The van der Waals surface area contributed by atoms with Crippen LogP contribution < -0.4 is 11.1 Å². The molecular formula is C23H26N6O2. The van der Waals surface area contributed by atoms with Gasteiger partial charge >= 0.3 is 0 Å². The Morgan fingerprint density at radius 1 is 1.19 bits per heavy atom. The number of hydrogen-bond donors (Lipinski definition) is 3. The lowest BCUT2D eigenvalue weighted by Crippen LogP contribution is -2.31. The van der Waals surface area contributed by atoms with Crippen LogP contribution >= 0.6 is 0 Å². The van der Waals surface area contributed by atoms with Crippen LogP contribution in [0.4, 0.5) is 11.4 Å². The zero-order valence-corrected chi connectivity index (χ0v) is 17.1. The predicted octanol–water partition coefficient (Wildman–Crippen LogP) is 2.32. The van der Waals surface area contributed by atoms with Crippen molar-refractivity contribution in [3.63, 3.8) is 0 Å². The van der Waals surface area contributed by atoms with Gasteiger partial charge in [0, 0.05) is 25.2 Å². The summed E-state index contributed by atoms with van der Waals surface area (Å²) in [5, 5.41) is 21.0. The van der Waals surface area contributed by atoms with Crippen LogP contribution in [0.15, 0.2) is 66.9 Å². The SMILES string of the molecule is Nc1ccccc1NC(=O)/C=C/c1cn([C@@H]2C[C@@H](CO)N(Cc3ccccc3)C2)nn1. The highest BCUT2D eigenvalue weighted by Crippen LogP contribution is 2.28. The summed E-state index contributed by atoms with van der Waals surface area (Å²) in [5.74, 6) is -0.289. The lowest BCUT2D eigenvalue weighted by Gasteiger charge is -2.22. The molecular weight excluding hydrogens is 392 g/mol. The van der Waals surface area contributed by atoms with Crippen molar-refractivity contribution >= 4 is 23.4 Å². The molecule has 1 fully saturated rings. The number of aliphatic hydroxyl groups excluding tert-OH is 1. The normalized spacial score (nSPS) is 19.1. The Balaban J connectivity index is 1.37. The van der Waals surface area contributed by atoms with Crippen molar-refractivity contribution in [2.75, 3.05) is 24.2 Å².